The van der Waals surface area contributed by atoms with Crippen LogP contribution in [0.2, 0.25) is 0 Å². The molecule has 238 valence electrons. The monoisotopic (exact) mass is 621 g/mol. The zero-order valence-electron chi connectivity index (χ0n) is 26.2. The molecule has 1 spiro atoms. The van der Waals surface area contributed by atoms with Gasteiger partial charge in [0.1, 0.15) is 6.33 Å². The minimum atomic E-state index is -0.426. The number of morpholine rings is 1. The molecule has 0 saturated carbocycles. The van der Waals surface area contributed by atoms with Crippen LogP contribution in [0.1, 0.15) is 24.8 Å². The van der Waals surface area contributed by atoms with Crippen LogP contribution in [0.4, 0.5) is 11.5 Å². The lowest BCUT2D eigenvalue weighted by Crippen LogP contribution is -2.43. The molecule has 12 heteroatoms. The Morgan fingerprint density at radius 2 is 1.80 bits per heavy atom. The number of aromatic amines is 1. The van der Waals surface area contributed by atoms with Gasteiger partial charge in [-0.25, -0.2) is 4.98 Å². The van der Waals surface area contributed by atoms with E-state index in [1.165, 1.54) is 11.1 Å². The second kappa shape index (κ2) is 11.7. The van der Waals surface area contributed by atoms with Gasteiger partial charge in [0.25, 0.3) is 0 Å². The molecule has 2 aromatic heterocycles. The quantitative estimate of drug-likeness (QED) is 0.350. The highest BCUT2D eigenvalue weighted by Gasteiger charge is 2.51. The first-order valence-electron chi connectivity index (χ1n) is 16.2. The lowest BCUT2D eigenvalue weighted by molar-refractivity contribution is -0.132. The van der Waals surface area contributed by atoms with Crippen LogP contribution in [-0.4, -0.2) is 112 Å². The van der Waals surface area contributed by atoms with E-state index in [-0.39, 0.29) is 11.8 Å². The lowest BCUT2D eigenvalue weighted by atomic mass is 9.85. The number of aromatic nitrogens is 5. The maximum atomic E-state index is 13.9. The van der Waals surface area contributed by atoms with Crippen molar-refractivity contribution < 1.29 is 14.3 Å². The van der Waals surface area contributed by atoms with Gasteiger partial charge in [-0.2, -0.15) is 10.2 Å². The van der Waals surface area contributed by atoms with Crippen molar-refractivity contribution in [3.8, 4) is 11.4 Å². The average Bonchev–Trinajstić information content (AvgIpc) is 3.89. The largest absolute Gasteiger partial charge is 0.378 e. The number of ether oxygens (including phenoxy) is 1. The number of nitrogens with one attached hydrogen (secondary N) is 1. The standard InChI is InChI=1S/C34H39N9O3/c1-39-23-35-31(38-39)26-4-2-24(3-5-26)25-8-12-41(13-9-25)30(44)21-40-14-10-34(22-40)11-15-43(33(34)45)27-6-7-29-28(20-27)32(37-36-29)42-16-18-46-19-17-42/h2-8,20,23H,9-19,21-22H2,1H3,(H,36,37). The van der Waals surface area contributed by atoms with E-state index in [2.05, 4.69) is 66.5 Å². The maximum absolute atomic E-state index is 13.9. The molecular weight excluding hydrogens is 582 g/mol. The molecule has 8 rings (SSSR count). The predicted octanol–water partition coefficient (Wildman–Crippen LogP) is 2.94. The number of hydrogen-bond donors (Lipinski definition) is 1. The Labute approximate surface area is 267 Å². The van der Waals surface area contributed by atoms with Crippen molar-refractivity contribution in [2.45, 2.75) is 19.3 Å². The summed E-state index contributed by atoms with van der Waals surface area (Å²) in [6.07, 6.45) is 6.28. The van der Waals surface area contributed by atoms with E-state index in [1.807, 2.05) is 29.0 Å². The zero-order valence-corrected chi connectivity index (χ0v) is 26.2. The number of carbonyl (C=O) groups excluding carboxylic acids is 2. The van der Waals surface area contributed by atoms with Crippen molar-refractivity contribution in [3.05, 3.63) is 60.4 Å². The number of rotatable bonds is 6. The number of anilines is 2. The van der Waals surface area contributed by atoms with E-state index in [4.69, 9.17) is 4.74 Å². The Morgan fingerprint density at radius 1 is 1.00 bits per heavy atom. The van der Waals surface area contributed by atoms with E-state index in [9.17, 15) is 9.59 Å². The summed E-state index contributed by atoms with van der Waals surface area (Å²) < 4.78 is 7.22. The molecule has 2 aromatic carbocycles. The van der Waals surface area contributed by atoms with Crippen LogP contribution in [0.5, 0.6) is 0 Å². The average molecular weight is 622 g/mol. The molecule has 3 saturated heterocycles. The number of benzene rings is 2. The van der Waals surface area contributed by atoms with Gasteiger partial charge in [-0.3, -0.25) is 24.3 Å². The highest BCUT2D eigenvalue weighted by atomic mass is 16.5. The third-order valence-electron chi connectivity index (χ3n) is 10.1. The molecule has 12 nitrogen and oxygen atoms in total. The molecule has 3 fully saturated rings. The molecule has 2 amide bonds. The first kappa shape index (κ1) is 28.9. The fraction of sp³-hybridized carbons (Fsp3) is 0.441. The van der Waals surface area contributed by atoms with Crippen LogP contribution in [0.15, 0.2) is 54.9 Å². The molecule has 4 aromatic rings. The van der Waals surface area contributed by atoms with Gasteiger partial charge in [0.2, 0.25) is 11.8 Å². The smallest absolute Gasteiger partial charge is 0.237 e. The molecule has 0 radical (unpaired) electrons. The summed E-state index contributed by atoms with van der Waals surface area (Å²) in [6.45, 7) is 6.73. The van der Waals surface area contributed by atoms with Crippen LogP contribution in [0, 0.1) is 5.41 Å². The molecule has 46 heavy (non-hydrogen) atoms. The fourth-order valence-corrected chi connectivity index (χ4v) is 7.47. The minimum absolute atomic E-state index is 0.132. The lowest BCUT2D eigenvalue weighted by Gasteiger charge is -2.29. The molecule has 1 atom stereocenters. The number of fused-ring (bicyclic) bond motifs is 1. The first-order chi connectivity index (χ1) is 22.5. The molecule has 0 aliphatic carbocycles. The van der Waals surface area contributed by atoms with Gasteiger partial charge in [0.05, 0.1) is 30.7 Å². The van der Waals surface area contributed by atoms with Gasteiger partial charge >= 0.3 is 0 Å². The number of carbonyl (C=O) groups is 2. The Bertz CT molecular complexity index is 1810. The molecule has 0 bridgehead atoms. The van der Waals surface area contributed by atoms with Gasteiger partial charge < -0.3 is 19.4 Å². The van der Waals surface area contributed by atoms with Crippen LogP contribution in [0.3, 0.4) is 0 Å². The summed E-state index contributed by atoms with van der Waals surface area (Å²) in [5.41, 5.74) is 4.87. The van der Waals surface area contributed by atoms with Crippen molar-refractivity contribution in [2.24, 2.45) is 12.5 Å². The summed E-state index contributed by atoms with van der Waals surface area (Å²) >= 11 is 0. The number of likely N-dealkylation sites (tertiary alicyclic amines) is 1. The number of hydrogen-bond acceptors (Lipinski definition) is 8. The Kier molecular flexibility index (Phi) is 7.33. The Balaban J connectivity index is 0.882. The van der Waals surface area contributed by atoms with Crippen molar-refractivity contribution in [2.75, 3.05) is 75.4 Å². The second-order valence-corrected chi connectivity index (χ2v) is 13.0. The van der Waals surface area contributed by atoms with Crippen molar-refractivity contribution in [1.82, 2.24) is 34.8 Å². The molecule has 1 unspecified atom stereocenters. The summed E-state index contributed by atoms with van der Waals surface area (Å²) in [5.74, 6) is 1.94. The third kappa shape index (κ3) is 5.25. The topological polar surface area (TPSA) is 116 Å². The highest BCUT2D eigenvalue weighted by Crippen LogP contribution is 2.43. The maximum Gasteiger partial charge on any atom is 0.237 e. The zero-order chi connectivity index (χ0) is 31.3. The van der Waals surface area contributed by atoms with Gasteiger partial charge in [0, 0.05) is 63.0 Å². The van der Waals surface area contributed by atoms with E-state index in [0.29, 0.717) is 51.8 Å². The summed E-state index contributed by atoms with van der Waals surface area (Å²) in [7, 11) is 1.86. The summed E-state index contributed by atoms with van der Waals surface area (Å²) in [5, 5.41) is 13.1. The van der Waals surface area contributed by atoms with Crippen LogP contribution in [-0.2, 0) is 21.4 Å². The normalized spacial score (nSPS) is 22.4. The van der Waals surface area contributed by atoms with Gasteiger partial charge in [-0.05, 0) is 55.1 Å². The second-order valence-electron chi connectivity index (χ2n) is 13.0. The van der Waals surface area contributed by atoms with E-state index in [0.717, 1.165) is 66.9 Å². The summed E-state index contributed by atoms with van der Waals surface area (Å²) in [6, 6.07) is 14.5. The van der Waals surface area contributed by atoms with Crippen molar-refractivity contribution in [1.29, 1.82) is 0 Å². The van der Waals surface area contributed by atoms with Crippen LogP contribution < -0.4 is 9.80 Å². The molecule has 6 heterocycles. The first-order valence-corrected chi connectivity index (χ1v) is 16.2. The number of aryl methyl sites for hydroxylation is 1. The van der Waals surface area contributed by atoms with Crippen molar-refractivity contribution >= 4 is 39.8 Å². The summed E-state index contributed by atoms with van der Waals surface area (Å²) in [4.78, 5) is 39.9. The van der Waals surface area contributed by atoms with Crippen molar-refractivity contribution in [3.63, 3.8) is 0 Å². The molecule has 4 aliphatic heterocycles. The van der Waals surface area contributed by atoms with Gasteiger partial charge in [-0.1, -0.05) is 30.3 Å². The van der Waals surface area contributed by atoms with E-state index in [1.54, 1.807) is 11.0 Å². The number of amides is 2. The minimum Gasteiger partial charge on any atom is -0.378 e. The number of nitrogens with zero attached hydrogens (tertiary/aromatic N) is 8. The Morgan fingerprint density at radius 3 is 2.57 bits per heavy atom. The van der Waals surface area contributed by atoms with E-state index >= 15 is 0 Å². The fourth-order valence-electron chi connectivity index (χ4n) is 7.47. The van der Waals surface area contributed by atoms with Gasteiger partial charge in [-0.15, -0.1) is 0 Å². The Hall–Kier alpha value is -4.55. The SMILES string of the molecule is Cn1cnc(-c2ccc(C3=CCN(C(=O)CN4CCC5(CCN(c6ccc7[nH]nc(N8CCOCC8)c7c6)C5=O)C4)CC3)cc2)n1. The highest BCUT2D eigenvalue weighted by molar-refractivity contribution is 6.03. The van der Waals surface area contributed by atoms with Gasteiger partial charge in [0.15, 0.2) is 11.6 Å². The third-order valence-corrected chi connectivity index (χ3v) is 10.1. The predicted molar refractivity (Wildman–Crippen MR) is 175 cm³/mol. The van der Waals surface area contributed by atoms with E-state index < -0.39 is 5.41 Å². The van der Waals surface area contributed by atoms with Crippen LogP contribution >= 0.6 is 0 Å². The number of H-pyrrole nitrogens is 1. The van der Waals surface area contributed by atoms with Crippen LogP contribution in [0.25, 0.3) is 27.9 Å². The molecule has 4 aliphatic rings. The molecule has 1 N–H and O–H groups in total. The molecular formula is C34H39N9O3.